The van der Waals surface area contributed by atoms with Crippen LogP contribution in [0.15, 0.2) is 78.4 Å². The molecule has 0 spiro atoms. The average Bonchev–Trinajstić information content (AvgIpc) is 3.40. The lowest BCUT2D eigenvalue weighted by atomic mass is 9.96. The van der Waals surface area contributed by atoms with Crippen LogP contribution >= 0.6 is 11.3 Å². The fraction of sp³-hybridized carbons (Fsp3) is 0.214. The van der Waals surface area contributed by atoms with Gasteiger partial charge >= 0.3 is 5.97 Å². The SMILES string of the molecule is O=C(O)c1cc(-c2ccc(-c3ccc4c(c3)CC[C@H](CNC[C@@H](O)c3cccnc3)O4)cc2)cs1. The lowest BCUT2D eigenvalue weighted by molar-refractivity contribution is 0.0702. The summed E-state index contributed by atoms with van der Waals surface area (Å²) in [5.41, 5.74) is 6.16. The number of hydrogen-bond donors (Lipinski definition) is 3. The van der Waals surface area contributed by atoms with E-state index < -0.39 is 12.1 Å². The van der Waals surface area contributed by atoms with E-state index in [9.17, 15) is 9.90 Å². The van der Waals surface area contributed by atoms with Crippen LogP contribution in [0.4, 0.5) is 0 Å². The molecule has 0 fully saturated rings. The Morgan fingerprint density at radius 2 is 1.86 bits per heavy atom. The number of hydrogen-bond acceptors (Lipinski definition) is 6. The molecule has 3 heterocycles. The van der Waals surface area contributed by atoms with Crippen molar-refractivity contribution < 1.29 is 19.7 Å². The molecule has 1 aliphatic heterocycles. The van der Waals surface area contributed by atoms with Crippen molar-refractivity contribution in [3.63, 3.8) is 0 Å². The van der Waals surface area contributed by atoms with E-state index in [4.69, 9.17) is 9.84 Å². The van der Waals surface area contributed by atoms with Crippen molar-refractivity contribution in [2.75, 3.05) is 13.1 Å². The number of rotatable bonds is 8. The maximum Gasteiger partial charge on any atom is 0.345 e. The number of aryl methyl sites for hydroxylation is 1. The third kappa shape index (κ3) is 5.43. The Hall–Kier alpha value is -3.52. The molecule has 3 N–H and O–H groups in total. The van der Waals surface area contributed by atoms with Crippen LogP contribution in [0, 0.1) is 0 Å². The van der Waals surface area contributed by atoms with Gasteiger partial charge in [0.05, 0.1) is 6.10 Å². The molecule has 35 heavy (non-hydrogen) atoms. The van der Waals surface area contributed by atoms with Crippen LogP contribution in [0.5, 0.6) is 5.75 Å². The van der Waals surface area contributed by atoms with E-state index in [0.29, 0.717) is 18.0 Å². The molecule has 0 bridgehead atoms. The predicted octanol–water partition coefficient (Wildman–Crippen LogP) is 5.19. The minimum atomic E-state index is -0.894. The molecule has 0 amide bonds. The summed E-state index contributed by atoms with van der Waals surface area (Å²) in [6.07, 6.45) is 4.70. The Balaban J connectivity index is 1.19. The van der Waals surface area contributed by atoms with Crippen LogP contribution in [-0.4, -0.2) is 40.4 Å². The van der Waals surface area contributed by atoms with Gasteiger partial charge in [0.25, 0.3) is 0 Å². The third-order valence-electron chi connectivity index (χ3n) is 6.23. The van der Waals surface area contributed by atoms with E-state index in [1.165, 1.54) is 16.9 Å². The molecule has 1 aliphatic rings. The average molecular weight is 487 g/mol. The van der Waals surface area contributed by atoms with Crippen molar-refractivity contribution in [2.45, 2.75) is 25.0 Å². The van der Waals surface area contributed by atoms with E-state index >= 15 is 0 Å². The zero-order valence-corrected chi connectivity index (χ0v) is 19.9. The van der Waals surface area contributed by atoms with E-state index in [1.807, 2.05) is 35.7 Å². The van der Waals surface area contributed by atoms with E-state index in [2.05, 4.69) is 34.6 Å². The van der Waals surface area contributed by atoms with Crippen LogP contribution < -0.4 is 10.1 Å². The summed E-state index contributed by atoms with van der Waals surface area (Å²) in [7, 11) is 0. The summed E-state index contributed by atoms with van der Waals surface area (Å²) in [6.45, 7) is 1.13. The first-order valence-corrected chi connectivity index (χ1v) is 12.5. The second-order valence-electron chi connectivity index (χ2n) is 8.64. The zero-order valence-electron chi connectivity index (χ0n) is 19.1. The number of carboxylic acid groups (broad SMARTS) is 1. The number of aromatic carboxylic acids is 1. The van der Waals surface area contributed by atoms with Crippen molar-refractivity contribution in [1.82, 2.24) is 10.3 Å². The van der Waals surface area contributed by atoms with Crippen molar-refractivity contribution in [3.8, 4) is 28.0 Å². The van der Waals surface area contributed by atoms with Crippen LogP contribution in [0.25, 0.3) is 22.3 Å². The van der Waals surface area contributed by atoms with Gasteiger partial charge < -0.3 is 20.3 Å². The van der Waals surface area contributed by atoms with Gasteiger partial charge in [0.15, 0.2) is 0 Å². The Labute approximate surface area is 207 Å². The summed E-state index contributed by atoms with van der Waals surface area (Å²) in [5.74, 6) is 0.0187. The van der Waals surface area contributed by atoms with E-state index in [0.717, 1.165) is 46.4 Å². The quantitative estimate of drug-likeness (QED) is 0.317. The molecule has 0 unspecified atom stereocenters. The number of aliphatic hydroxyl groups excluding tert-OH is 1. The van der Waals surface area contributed by atoms with Crippen molar-refractivity contribution in [3.05, 3.63) is 94.4 Å². The number of nitrogens with zero attached hydrogens (tertiary/aromatic N) is 1. The number of nitrogens with one attached hydrogen (secondary N) is 1. The Bertz CT molecular complexity index is 1300. The molecule has 0 radical (unpaired) electrons. The molecule has 2 aromatic carbocycles. The molecule has 7 heteroatoms. The molecular weight excluding hydrogens is 460 g/mol. The summed E-state index contributed by atoms with van der Waals surface area (Å²) in [6, 6.07) is 19.9. The fourth-order valence-corrected chi connectivity index (χ4v) is 5.05. The van der Waals surface area contributed by atoms with Crippen LogP contribution in [0.3, 0.4) is 0 Å². The minimum Gasteiger partial charge on any atom is -0.489 e. The van der Waals surface area contributed by atoms with Crippen LogP contribution in [-0.2, 0) is 6.42 Å². The second kappa shape index (κ2) is 10.4. The zero-order chi connectivity index (χ0) is 24.2. The molecule has 2 aromatic heterocycles. The highest BCUT2D eigenvalue weighted by Crippen LogP contribution is 2.33. The molecule has 5 rings (SSSR count). The summed E-state index contributed by atoms with van der Waals surface area (Å²) >= 11 is 1.24. The maximum absolute atomic E-state index is 11.1. The maximum atomic E-state index is 11.1. The van der Waals surface area contributed by atoms with Gasteiger partial charge in [-0.05, 0) is 70.3 Å². The number of carbonyl (C=O) groups is 1. The number of benzene rings is 2. The molecule has 0 aliphatic carbocycles. The van der Waals surface area contributed by atoms with Gasteiger partial charge in [-0.3, -0.25) is 4.98 Å². The van der Waals surface area contributed by atoms with Crippen LogP contribution in [0.1, 0.15) is 33.3 Å². The number of ether oxygens (including phenoxy) is 1. The molecular formula is C28H26N2O4S. The number of pyridine rings is 1. The van der Waals surface area contributed by atoms with Crippen molar-refractivity contribution in [2.24, 2.45) is 0 Å². The molecule has 0 saturated carbocycles. The predicted molar refractivity (Wildman–Crippen MR) is 137 cm³/mol. The summed E-state index contributed by atoms with van der Waals surface area (Å²) in [4.78, 5) is 15.5. The number of thiophene rings is 1. The number of aliphatic hydroxyl groups is 1. The number of carboxylic acids is 1. The van der Waals surface area contributed by atoms with Crippen molar-refractivity contribution >= 4 is 17.3 Å². The summed E-state index contributed by atoms with van der Waals surface area (Å²) < 4.78 is 6.21. The molecule has 0 saturated heterocycles. The lowest BCUT2D eigenvalue weighted by Crippen LogP contribution is -2.36. The van der Waals surface area contributed by atoms with Gasteiger partial charge in [-0.15, -0.1) is 11.3 Å². The van der Waals surface area contributed by atoms with Crippen LogP contribution in [0.2, 0.25) is 0 Å². The van der Waals surface area contributed by atoms with Gasteiger partial charge in [-0.1, -0.05) is 36.4 Å². The Morgan fingerprint density at radius 3 is 2.57 bits per heavy atom. The second-order valence-corrected chi connectivity index (χ2v) is 9.55. The Kier molecular flexibility index (Phi) is 6.90. The smallest absolute Gasteiger partial charge is 0.345 e. The highest BCUT2D eigenvalue weighted by molar-refractivity contribution is 7.12. The molecule has 2 atom stereocenters. The first kappa shape index (κ1) is 23.2. The summed E-state index contributed by atoms with van der Waals surface area (Å²) in [5, 5.41) is 24.6. The molecule has 178 valence electrons. The Morgan fingerprint density at radius 1 is 1.09 bits per heavy atom. The molecule has 6 nitrogen and oxygen atoms in total. The largest absolute Gasteiger partial charge is 0.489 e. The number of fused-ring (bicyclic) bond motifs is 1. The monoisotopic (exact) mass is 486 g/mol. The van der Waals surface area contributed by atoms with E-state index in [-0.39, 0.29) is 6.10 Å². The fourth-order valence-electron chi connectivity index (χ4n) is 4.29. The van der Waals surface area contributed by atoms with Gasteiger partial charge in [-0.2, -0.15) is 0 Å². The number of aromatic nitrogens is 1. The lowest BCUT2D eigenvalue weighted by Gasteiger charge is -2.27. The standard InChI is InChI=1S/C28H26N2O4S/c31-25(22-2-1-11-29-14-22)16-30-15-24-9-7-21-12-20(8-10-26(21)34-24)18-3-5-19(6-4-18)23-13-27(28(32)33)35-17-23/h1-6,8,10-14,17,24-25,30-31H,7,9,15-16H2,(H,32,33)/t24-,25-/m1/s1. The minimum absolute atomic E-state index is 0.0648. The van der Waals surface area contributed by atoms with Gasteiger partial charge in [0.2, 0.25) is 0 Å². The first-order valence-electron chi connectivity index (χ1n) is 11.6. The van der Waals surface area contributed by atoms with Crippen molar-refractivity contribution in [1.29, 1.82) is 0 Å². The van der Waals surface area contributed by atoms with Gasteiger partial charge in [0.1, 0.15) is 16.7 Å². The highest BCUT2D eigenvalue weighted by atomic mass is 32.1. The third-order valence-corrected chi connectivity index (χ3v) is 7.15. The highest BCUT2D eigenvalue weighted by Gasteiger charge is 2.20. The normalized spacial score (nSPS) is 15.7. The topological polar surface area (TPSA) is 91.7 Å². The first-order chi connectivity index (χ1) is 17.1. The van der Waals surface area contributed by atoms with Gasteiger partial charge in [0, 0.05) is 31.0 Å². The molecule has 4 aromatic rings. The van der Waals surface area contributed by atoms with Gasteiger partial charge in [-0.25, -0.2) is 4.79 Å². The van der Waals surface area contributed by atoms with E-state index in [1.54, 1.807) is 18.5 Å².